The van der Waals surface area contributed by atoms with Crippen molar-refractivity contribution in [3.05, 3.63) is 47.5 Å². The van der Waals surface area contributed by atoms with Crippen molar-refractivity contribution in [1.29, 1.82) is 0 Å². The van der Waals surface area contributed by atoms with E-state index >= 15 is 0 Å². The van der Waals surface area contributed by atoms with Crippen LogP contribution in [0.1, 0.15) is 24.0 Å². The first-order chi connectivity index (χ1) is 13.3. The molecule has 6 heteroatoms. The number of Topliss-reactive ketones (excluding diaryl/α,β-unsaturated/α-hetero) is 1. The number of fused-ring (bicyclic) bond motifs is 2. The number of carbonyl (C=O) groups is 1. The fourth-order valence-corrected chi connectivity index (χ4v) is 4.99. The lowest BCUT2D eigenvalue weighted by atomic mass is 9.76. The van der Waals surface area contributed by atoms with Crippen LogP contribution >= 0.6 is 0 Å². The van der Waals surface area contributed by atoms with E-state index in [1.807, 2.05) is 0 Å². The summed E-state index contributed by atoms with van der Waals surface area (Å²) in [7, 11) is 2.07. The molecule has 2 aromatic rings. The molecule has 0 amide bonds. The van der Waals surface area contributed by atoms with Crippen LogP contribution in [0.2, 0.25) is 0 Å². The molecular formula is C22H25NO5. The molecule has 0 aliphatic carbocycles. The minimum Gasteiger partial charge on any atom is -0.504 e. The van der Waals surface area contributed by atoms with Gasteiger partial charge in [-0.05, 0) is 68.1 Å². The topological polar surface area (TPSA) is 101 Å². The Balaban J connectivity index is 1.60. The summed E-state index contributed by atoms with van der Waals surface area (Å²) in [5, 5.41) is 38.6. The summed E-state index contributed by atoms with van der Waals surface area (Å²) in [6, 6.07) is 9.81. The Morgan fingerprint density at radius 3 is 1.61 bits per heavy atom. The summed E-state index contributed by atoms with van der Waals surface area (Å²) in [4.78, 5) is 15.7. The van der Waals surface area contributed by atoms with E-state index in [0.29, 0.717) is 12.8 Å². The Morgan fingerprint density at radius 2 is 1.21 bits per heavy atom. The molecule has 2 aliphatic heterocycles. The fraction of sp³-hybridized carbons (Fsp3) is 0.409. The number of benzene rings is 2. The number of phenols is 4. The van der Waals surface area contributed by atoms with Crippen LogP contribution in [-0.4, -0.2) is 50.2 Å². The maximum Gasteiger partial charge on any atom is 0.157 e. The van der Waals surface area contributed by atoms with E-state index in [9.17, 15) is 25.2 Å². The third-order valence-electron chi connectivity index (χ3n) is 6.46. The predicted molar refractivity (Wildman–Crippen MR) is 104 cm³/mol. The predicted octanol–water partition coefficient (Wildman–Crippen LogP) is 2.57. The lowest BCUT2D eigenvalue weighted by Crippen LogP contribution is -2.53. The standard InChI is InChI=1S/C22H25NO5/c1-23-16-4-5-17(23)15(9-13-3-7-19(25)21(27)11-13)22(28)14(16)8-12-2-6-18(24)20(26)10-12/h2-3,6-7,10-11,14-17,24-27H,4-5,8-9H2,1H3. The molecule has 28 heavy (non-hydrogen) atoms. The van der Waals surface area contributed by atoms with Crippen LogP contribution in [-0.2, 0) is 17.6 Å². The van der Waals surface area contributed by atoms with Crippen LogP contribution < -0.4 is 0 Å². The quantitative estimate of drug-likeness (QED) is 0.606. The Morgan fingerprint density at radius 1 is 0.786 bits per heavy atom. The van der Waals surface area contributed by atoms with E-state index in [-0.39, 0.29) is 52.7 Å². The number of carbonyl (C=O) groups excluding carboxylic acids is 1. The van der Waals surface area contributed by atoms with Crippen LogP contribution in [0.4, 0.5) is 0 Å². The second-order valence-electron chi connectivity index (χ2n) is 8.05. The van der Waals surface area contributed by atoms with Gasteiger partial charge in [-0.2, -0.15) is 0 Å². The third kappa shape index (κ3) is 3.18. The molecule has 148 valence electrons. The minimum absolute atomic E-state index is 0.165. The molecule has 4 rings (SSSR count). The molecule has 0 aromatic heterocycles. The molecule has 2 aromatic carbocycles. The normalized spacial score (nSPS) is 27.2. The van der Waals surface area contributed by atoms with Gasteiger partial charge in [0.15, 0.2) is 23.0 Å². The van der Waals surface area contributed by atoms with Gasteiger partial charge >= 0.3 is 0 Å². The Hall–Kier alpha value is -2.73. The van der Waals surface area contributed by atoms with E-state index in [4.69, 9.17) is 0 Å². The van der Waals surface area contributed by atoms with Crippen molar-refractivity contribution in [1.82, 2.24) is 4.90 Å². The summed E-state index contributed by atoms with van der Waals surface area (Å²) in [6.07, 6.45) is 2.95. The highest BCUT2D eigenvalue weighted by molar-refractivity contribution is 5.86. The molecule has 2 bridgehead atoms. The number of nitrogens with zero attached hydrogens (tertiary/aromatic N) is 1. The zero-order valence-corrected chi connectivity index (χ0v) is 15.7. The van der Waals surface area contributed by atoms with Gasteiger partial charge < -0.3 is 20.4 Å². The van der Waals surface area contributed by atoms with Gasteiger partial charge in [-0.3, -0.25) is 9.69 Å². The van der Waals surface area contributed by atoms with Gasteiger partial charge in [-0.25, -0.2) is 0 Å². The molecule has 2 fully saturated rings. The van der Waals surface area contributed by atoms with Crippen LogP contribution in [0.15, 0.2) is 36.4 Å². The molecule has 4 unspecified atom stereocenters. The summed E-state index contributed by atoms with van der Waals surface area (Å²) >= 11 is 0. The van der Waals surface area contributed by atoms with Crippen molar-refractivity contribution >= 4 is 5.78 Å². The molecule has 0 spiro atoms. The van der Waals surface area contributed by atoms with E-state index in [1.54, 1.807) is 12.1 Å². The summed E-state index contributed by atoms with van der Waals surface area (Å²) in [5.74, 6) is -0.815. The highest BCUT2D eigenvalue weighted by Crippen LogP contribution is 2.42. The first kappa shape index (κ1) is 18.6. The average molecular weight is 383 g/mol. The van der Waals surface area contributed by atoms with E-state index in [0.717, 1.165) is 24.0 Å². The third-order valence-corrected chi connectivity index (χ3v) is 6.46. The summed E-state index contributed by atoms with van der Waals surface area (Å²) < 4.78 is 0. The zero-order chi connectivity index (χ0) is 20.0. The van der Waals surface area contributed by atoms with Crippen molar-refractivity contribution in [3.8, 4) is 23.0 Å². The first-order valence-corrected chi connectivity index (χ1v) is 9.62. The number of rotatable bonds is 4. The van der Waals surface area contributed by atoms with Crippen molar-refractivity contribution < 1.29 is 25.2 Å². The SMILES string of the molecule is CN1C2CCC1C(Cc1ccc(O)c(O)c1)C(=O)C2Cc1ccc(O)c(O)c1. The molecular weight excluding hydrogens is 358 g/mol. The van der Waals surface area contributed by atoms with Gasteiger partial charge in [-0.15, -0.1) is 0 Å². The average Bonchev–Trinajstić information content (AvgIpc) is 2.97. The number of hydrogen-bond acceptors (Lipinski definition) is 6. The molecule has 0 radical (unpaired) electrons. The second-order valence-corrected chi connectivity index (χ2v) is 8.05. The zero-order valence-electron chi connectivity index (χ0n) is 15.7. The van der Waals surface area contributed by atoms with Gasteiger partial charge in [0, 0.05) is 23.9 Å². The molecule has 4 atom stereocenters. The van der Waals surface area contributed by atoms with Crippen LogP contribution in [0, 0.1) is 11.8 Å². The smallest absolute Gasteiger partial charge is 0.157 e. The number of aromatic hydroxyl groups is 4. The lowest BCUT2D eigenvalue weighted by molar-refractivity contribution is -0.134. The highest BCUT2D eigenvalue weighted by atomic mass is 16.3. The second kappa shape index (κ2) is 7.02. The van der Waals surface area contributed by atoms with E-state index in [1.165, 1.54) is 24.3 Å². The van der Waals surface area contributed by atoms with Crippen molar-refractivity contribution in [3.63, 3.8) is 0 Å². The Kier molecular flexibility index (Phi) is 4.67. The first-order valence-electron chi connectivity index (χ1n) is 9.62. The van der Waals surface area contributed by atoms with Crippen LogP contribution in [0.25, 0.3) is 0 Å². The fourth-order valence-electron chi connectivity index (χ4n) is 4.99. The van der Waals surface area contributed by atoms with E-state index < -0.39 is 0 Å². The lowest BCUT2D eigenvalue weighted by Gasteiger charge is -2.41. The van der Waals surface area contributed by atoms with Gasteiger partial charge in [0.25, 0.3) is 0 Å². The number of ketones is 1. The molecule has 2 saturated heterocycles. The molecule has 6 nitrogen and oxygen atoms in total. The largest absolute Gasteiger partial charge is 0.504 e. The maximum atomic E-state index is 13.4. The van der Waals surface area contributed by atoms with Crippen LogP contribution in [0.5, 0.6) is 23.0 Å². The summed E-state index contributed by atoms with van der Waals surface area (Å²) in [6.45, 7) is 0. The molecule has 2 heterocycles. The van der Waals surface area contributed by atoms with Gasteiger partial charge in [0.05, 0.1) is 0 Å². The Labute approximate surface area is 163 Å². The number of piperidine rings is 1. The van der Waals surface area contributed by atoms with Crippen molar-refractivity contribution in [2.45, 2.75) is 37.8 Å². The molecule has 0 saturated carbocycles. The van der Waals surface area contributed by atoms with Crippen molar-refractivity contribution in [2.75, 3.05) is 7.05 Å². The molecule has 4 N–H and O–H groups in total. The Bertz CT molecular complexity index is 840. The van der Waals surface area contributed by atoms with Gasteiger partial charge in [0.1, 0.15) is 5.78 Å². The number of phenolic OH excluding ortho intramolecular Hbond substituents is 4. The highest BCUT2D eigenvalue weighted by Gasteiger charge is 2.50. The van der Waals surface area contributed by atoms with Crippen LogP contribution in [0.3, 0.4) is 0 Å². The van der Waals surface area contributed by atoms with E-state index in [2.05, 4.69) is 11.9 Å². The maximum absolute atomic E-state index is 13.4. The monoisotopic (exact) mass is 383 g/mol. The van der Waals surface area contributed by atoms with Gasteiger partial charge in [-0.1, -0.05) is 12.1 Å². The minimum atomic E-state index is -0.177. The summed E-state index contributed by atoms with van der Waals surface area (Å²) in [5.41, 5.74) is 1.65. The molecule has 2 aliphatic rings. The van der Waals surface area contributed by atoms with Crippen molar-refractivity contribution in [2.24, 2.45) is 11.8 Å². The number of hydrogen-bond donors (Lipinski definition) is 4. The van der Waals surface area contributed by atoms with Gasteiger partial charge in [0.2, 0.25) is 0 Å².